The van der Waals surface area contributed by atoms with E-state index >= 15 is 0 Å². The van der Waals surface area contributed by atoms with Gasteiger partial charge in [-0.15, -0.1) is 11.3 Å². The van der Waals surface area contributed by atoms with E-state index in [2.05, 4.69) is 5.32 Å². The number of esters is 1. The smallest absolute Gasteiger partial charge is 0.311 e. The van der Waals surface area contributed by atoms with Crippen LogP contribution in [0.3, 0.4) is 0 Å². The van der Waals surface area contributed by atoms with Gasteiger partial charge in [0.05, 0.1) is 6.42 Å². The van der Waals surface area contributed by atoms with Crippen LogP contribution in [0.25, 0.3) is 0 Å². The van der Waals surface area contributed by atoms with Crippen molar-refractivity contribution >= 4 is 38.9 Å². The first-order valence-corrected chi connectivity index (χ1v) is 13.5. The molecule has 0 saturated carbocycles. The minimum Gasteiger partial charge on any atom is -0.457 e. The summed E-state index contributed by atoms with van der Waals surface area (Å²) in [5, 5.41) is 2.66. The summed E-state index contributed by atoms with van der Waals surface area (Å²) in [6.07, 6.45) is 2.66. The molecule has 1 saturated heterocycles. The zero-order chi connectivity index (χ0) is 24.7. The van der Waals surface area contributed by atoms with E-state index in [4.69, 9.17) is 9.47 Å². The maximum absolute atomic E-state index is 12.7. The number of hydrogen-bond acceptors (Lipinski definition) is 7. The highest BCUT2D eigenvalue weighted by Crippen LogP contribution is 2.27. The van der Waals surface area contributed by atoms with Crippen LogP contribution in [0.15, 0.2) is 70.9 Å². The molecule has 0 unspecified atom stereocenters. The van der Waals surface area contributed by atoms with Gasteiger partial charge in [0.2, 0.25) is 0 Å². The van der Waals surface area contributed by atoms with E-state index in [0.717, 1.165) is 30.6 Å². The number of rotatable bonds is 9. The Morgan fingerprint density at radius 1 is 0.886 bits per heavy atom. The van der Waals surface area contributed by atoms with E-state index in [9.17, 15) is 18.0 Å². The van der Waals surface area contributed by atoms with Crippen molar-refractivity contribution < 1.29 is 27.5 Å². The first kappa shape index (κ1) is 24.9. The van der Waals surface area contributed by atoms with Gasteiger partial charge in [0.15, 0.2) is 6.61 Å². The minimum absolute atomic E-state index is 0.0982. The number of sulfonamides is 1. The van der Waals surface area contributed by atoms with E-state index in [0.29, 0.717) is 35.2 Å². The number of anilines is 1. The zero-order valence-electron chi connectivity index (χ0n) is 19.0. The fourth-order valence-corrected chi connectivity index (χ4v) is 6.60. The molecule has 8 nitrogen and oxygen atoms in total. The lowest BCUT2D eigenvalue weighted by atomic mass is 10.2. The standard InChI is InChI=1S/C25H26N2O6S2/c28-23(26-19-9-11-21(12-10-19)33-20-7-3-1-4-8-20)18-32-24(29)17-22-13-14-25(34-22)35(30,31)27-15-5-2-6-16-27/h1,3-4,7-14H,2,5-6,15-18H2,(H,26,28). The zero-order valence-corrected chi connectivity index (χ0v) is 20.6. The van der Waals surface area contributed by atoms with Gasteiger partial charge in [0.25, 0.3) is 15.9 Å². The van der Waals surface area contributed by atoms with E-state index < -0.39 is 28.5 Å². The number of ether oxygens (including phenoxy) is 2. The molecule has 0 spiro atoms. The Kier molecular flexibility index (Phi) is 8.17. The van der Waals surface area contributed by atoms with E-state index in [-0.39, 0.29) is 10.6 Å². The van der Waals surface area contributed by atoms with Crippen LogP contribution in [-0.2, 0) is 30.8 Å². The van der Waals surface area contributed by atoms with Crippen molar-refractivity contribution in [2.45, 2.75) is 29.9 Å². The Balaban J connectivity index is 1.23. The van der Waals surface area contributed by atoms with Gasteiger partial charge >= 0.3 is 5.97 Å². The Hall–Kier alpha value is -3.21. The molecule has 1 aliphatic rings. The van der Waals surface area contributed by atoms with Crippen molar-refractivity contribution in [1.29, 1.82) is 0 Å². The van der Waals surface area contributed by atoms with Crippen LogP contribution in [-0.4, -0.2) is 44.3 Å². The number of hydrogen-bond donors (Lipinski definition) is 1. The van der Waals surface area contributed by atoms with Crippen LogP contribution < -0.4 is 10.1 Å². The van der Waals surface area contributed by atoms with Crippen molar-refractivity contribution in [1.82, 2.24) is 4.31 Å². The van der Waals surface area contributed by atoms with E-state index in [1.165, 1.54) is 10.4 Å². The molecule has 35 heavy (non-hydrogen) atoms. The van der Waals surface area contributed by atoms with Crippen molar-refractivity contribution in [3.8, 4) is 11.5 Å². The number of amides is 1. The number of benzene rings is 2. The van der Waals surface area contributed by atoms with Crippen LogP contribution in [0, 0.1) is 0 Å². The summed E-state index contributed by atoms with van der Waals surface area (Å²) in [7, 11) is -3.53. The number of nitrogens with zero attached hydrogens (tertiary/aromatic N) is 1. The van der Waals surface area contributed by atoms with Crippen molar-refractivity contribution in [2.24, 2.45) is 0 Å². The van der Waals surface area contributed by atoms with Gasteiger partial charge in [-0.05, 0) is 61.4 Å². The van der Waals surface area contributed by atoms with Crippen molar-refractivity contribution in [3.05, 3.63) is 71.6 Å². The molecule has 1 fully saturated rings. The minimum atomic E-state index is -3.53. The van der Waals surface area contributed by atoms with Crippen LogP contribution in [0.5, 0.6) is 11.5 Å². The second-order valence-corrected chi connectivity index (χ2v) is 11.3. The summed E-state index contributed by atoms with van der Waals surface area (Å²) >= 11 is 1.06. The molecule has 1 N–H and O–H groups in total. The lowest BCUT2D eigenvalue weighted by molar-refractivity contribution is -0.146. The molecule has 1 aliphatic heterocycles. The number of carbonyl (C=O) groups is 2. The third-order valence-corrected chi connectivity index (χ3v) is 8.80. The first-order valence-electron chi connectivity index (χ1n) is 11.3. The molecule has 184 valence electrons. The van der Waals surface area contributed by atoms with Crippen LogP contribution >= 0.6 is 11.3 Å². The molecule has 0 bridgehead atoms. The Morgan fingerprint density at radius 2 is 1.57 bits per heavy atom. The topological polar surface area (TPSA) is 102 Å². The summed E-state index contributed by atoms with van der Waals surface area (Å²) in [6.45, 7) is 0.608. The van der Waals surface area contributed by atoms with Gasteiger partial charge < -0.3 is 14.8 Å². The largest absolute Gasteiger partial charge is 0.457 e. The highest BCUT2D eigenvalue weighted by molar-refractivity contribution is 7.91. The highest BCUT2D eigenvalue weighted by Gasteiger charge is 2.27. The molecular weight excluding hydrogens is 488 g/mol. The third-order valence-electron chi connectivity index (χ3n) is 5.35. The Morgan fingerprint density at radius 3 is 2.29 bits per heavy atom. The summed E-state index contributed by atoms with van der Waals surface area (Å²) in [6, 6.07) is 19.3. The average molecular weight is 515 g/mol. The summed E-state index contributed by atoms with van der Waals surface area (Å²) < 4.78 is 38.0. The molecule has 1 amide bonds. The predicted octanol–water partition coefficient (Wildman–Crippen LogP) is 4.44. The van der Waals surface area contributed by atoms with E-state index in [1.54, 1.807) is 30.3 Å². The molecule has 10 heteroatoms. The predicted molar refractivity (Wildman–Crippen MR) is 133 cm³/mol. The fraction of sp³-hybridized carbons (Fsp3) is 0.280. The van der Waals surface area contributed by atoms with Crippen LogP contribution in [0.4, 0.5) is 5.69 Å². The normalized spacial score (nSPS) is 14.3. The molecule has 0 aliphatic carbocycles. The molecule has 3 aromatic rings. The Labute approximate surface area is 208 Å². The molecule has 4 rings (SSSR count). The number of nitrogens with one attached hydrogen (secondary N) is 1. The molecule has 2 aromatic carbocycles. The molecule has 0 atom stereocenters. The van der Waals surface area contributed by atoms with Gasteiger partial charge in [0, 0.05) is 23.7 Å². The maximum atomic E-state index is 12.7. The van der Waals surface area contributed by atoms with Gasteiger partial charge in [-0.3, -0.25) is 9.59 Å². The molecular formula is C25H26N2O6S2. The van der Waals surface area contributed by atoms with Crippen LogP contribution in [0.1, 0.15) is 24.1 Å². The second-order valence-electron chi connectivity index (χ2n) is 8.01. The number of piperidine rings is 1. The first-order chi connectivity index (χ1) is 16.9. The van der Waals surface area contributed by atoms with Crippen LogP contribution in [0.2, 0.25) is 0 Å². The molecule has 1 aromatic heterocycles. The Bertz CT molecular complexity index is 1250. The lowest BCUT2D eigenvalue weighted by Gasteiger charge is -2.25. The molecule has 0 radical (unpaired) electrons. The lowest BCUT2D eigenvalue weighted by Crippen LogP contribution is -2.35. The van der Waals surface area contributed by atoms with Gasteiger partial charge in [-0.2, -0.15) is 4.31 Å². The van der Waals surface area contributed by atoms with Crippen molar-refractivity contribution in [2.75, 3.05) is 25.0 Å². The summed E-state index contributed by atoms with van der Waals surface area (Å²) in [4.78, 5) is 24.9. The van der Waals surface area contributed by atoms with Gasteiger partial charge in [-0.1, -0.05) is 24.6 Å². The monoisotopic (exact) mass is 514 g/mol. The maximum Gasteiger partial charge on any atom is 0.311 e. The third kappa shape index (κ3) is 6.91. The SMILES string of the molecule is O=C(COC(=O)Cc1ccc(S(=O)(=O)N2CCCCC2)s1)Nc1ccc(Oc2ccccc2)cc1. The quantitative estimate of drug-likeness (QED) is 0.424. The van der Waals surface area contributed by atoms with Crippen molar-refractivity contribution in [3.63, 3.8) is 0 Å². The fourth-order valence-electron chi connectivity index (χ4n) is 3.59. The average Bonchev–Trinajstić information content (AvgIpc) is 3.34. The molecule has 2 heterocycles. The summed E-state index contributed by atoms with van der Waals surface area (Å²) in [5.41, 5.74) is 0.539. The van der Waals surface area contributed by atoms with Gasteiger partial charge in [0.1, 0.15) is 15.7 Å². The summed E-state index contributed by atoms with van der Waals surface area (Å²) in [5.74, 6) is 0.251. The highest BCUT2D eigenvalue weighted by atomic mass is 32.2. The van der Waals surface area contributed by atoms with Gasteiger partial charge in [-0.25, -0.2) is 8.42 Å². The number of para-hydroxylation sites is 1. The van der Waals surface area contributed by atoms with E-state index in [1.807, 2.05) is 30.3 Å². The second kappa shape index (κ2) is 11.5. The number of thiophene rings is 1. The number of carbonyl (C=O) groups excluding carboxylic acids is 2.